The molecule has 1 aromatic carbocycles. The number of ether oxygens (including phenoxy) is 1. The number of nitrogens with one attached hydrogen (secondary N) is 2. The van der Waals surface area contributed by atoms with E-state index in [0.29, 0.717) is 29.8 Å². The molecule has 2 bridgehead atoms. The minimum atomic E-state index is -0.0830. The van der Waals surface area contributed by atoms with Crippen LogP contribution in [0.2, 0.25) is 0 Å². The summed E-state index contributed by atoms with van der Waals surface area (Å²) in [5.74, 6) is 2.41. The molecule has 4 rings (SSSR count). The number of amides is 2. The van der Waals surface area contributed by atoms with Crippen LogP contribution < -0.4 is 20.3 Å². The third-order valence-electron chi connectivity index (χ3n) is 6.68. The summed E-state index contributed by atoms with van der Waals surface area (Å²) < 4.78 is 5.36. The maximum atomic E-state index is 13.0. The Bertz CT molecular complexity index is 984. The van der Waals surface area contributed by atoms with E-state index in [1.807, 2.05) is 43.5 Å². The van der Waals surface area contributed by atoms with Crippen LogP contribution in [-0.4, -0.2) is 60.6 Å². The average molecular weight is 469 g/mol. The second kappa shape index (κ2) is 10.5. The van der Waals surface area contributed by atoms with Crippen molar-refractivity contribution in [1.82, 2.24) is 15.6 Å². The first-order valence-corrected chi connectivity index (χ1v) is 12.9. The summed E-state index contributed by atoms with van der Waals surface area (Å²) in [6, 6.07) is 10.2. The van der Waals surface area contributed by atoms with Crippen molar-refractivity contribution in [3.8, 4) is 5.75 Å². The molecular weight excluding hydrogens is 436 g/mol. The van der Waals surface area contributed by atoms with Gasteiger partial charge in [-0.1, -0.05) is 6.07 Å². The van der Waals surface area contributed by atoms with Gasteiger partial charge in [0.25, 0.3) is 11.8 Å². The lowest BCUT2D eigenvalue weighted by Gasteiger charge is -2.40. The van der Waals surface area contributed by atoms with Gasteiger partial charge in [-0.3, -0.25) is 9.59 Å². The van der Waals surface area contributed by atoms with Gasteiger partial charge in [0.1, 0.15) is 11.6 Å². The van der Waals surface area contributed by atoms with E-state index in [0.717, 1.165) is 48.6 Å². The van der Waals surface area contributed by atoms with E-state index in [1.165, 1.54) is 0 Å². The van der Waals surface area contributed by atoms with Crippen molar-refractivity contribution >= 4 is 29.4 Å². The molecule has 2 aliphatic rings. The third-order valence-corrected chi connectivity index (χ3v) is 7.30. The molecule has 2 aromatic rings. The highest BCUT2D eigenvalue weighted by atomic mass is 32.2. The van der Waals surface area contributed by atoms with Crippen molar-refractivity contribution < 1.29 is 14.3 Å². The predicted molar refractivity (Wildman–Crippen MR) is 132 cm³/mol. The van der Waals surface area contributed by atoms with Gasteiger partial charge in [0.15, 0.2) is 0 Å². The van der Waals surface area contributed by atoms with Gasteiger partial charge in [0, 0.05) is 47.7 Å². The molecule has 0 unspecified atom stereocenters. The molecule has 0 saturated carbocycles. The lowest BCUT2D eigenvalue weighted by Crippen LogP contribution is -2.50. The summed E-state index contributed by atoms with van der Waals surface area (Å²) in [6.45, 7) is 2.57. The highest BCUT2D eigenvalue weighted by molar-refractivity contribution is 7.98. The number of pyridine rings is 1. The standard InChI is InChI=1S/C25H32N4O3S/c1-16-21(5-4-6-22(16)32-2)25(31)28-18-13-19-8-9-20(14-18)29(19)23-10-7-17(15-27-23)24(30)26-11-12-33-3/h4-7,10,15,18-20H,8-9,11-14H2,1-3H3,(H,26,30)(H,28,31)/t18-,19+,20-. The normalized spacial score (nSPS) is 21.5. The highest BCUT2D eigenvalue weighted by Gasteiger charge is 2.41. The molecule has 2 fully saturated rings. The number of anilines is 1. The molecule has 3 heterocycles. The van der Waals surface area contributed by atoms with E-state index in [4.69, 9.17) is 4.74 Å². The number of piperidine rings is 1. The van der Waals surface area contributed by atoms with Gasteiger partial charge in [0.2, 0.25) is 0 Å². The van der Waals surface area contributed by atoms with Crippen LogP contribution in [0.1, 0.15) is 52.0 Å². The molecule has 2 aliphatic heterocycles. The number of carbonyl (C=O) groups is 2. The topological polar surface area (TPSA) is 83.6 Å². The van der Waals surface area contributed by atoms with Gasteiger partial charge in [-0.05, 0) is 63.1 Å². The van der Waals surface area contributed by atoms with Crippen molar-refractivity contribution in [2.45, 2.75) is 50.7 Å². The molecule has 0 spiro atoms. The molecule has 0 radical (unpaired) electrons. The Morgan fingerprint density at radius 2 is 1.91 bits per heavy atom. The van der Waals surface area contributed by atoms with Crippen molar-refractivity contribution in [1.29, 1.82) is 0 Å². The molecule has 2 saturated heterocycles. The van der Waals surface area contributed by atoms with Gasteiger partial charge < -0.3 is 20.3 Å². The molecule has 0 aliphatic carbocycles. The molecular formula is C25H32N4O3S. The zero-order valence-corrected chi connectivity index (χ0v) is 20.3. The van der Waals surface area contributed by atoms with Crippen molar-refractivity contribution in [3.63, 3.8) is 0 Å². The van der Waals surface area contributed by atoms with E-state index in [-0.39, 0.29) is 17.9 Å². The highest BCUT2D eigenvalue weighted by Crippen LogP contribution is 2.38. The van der Waals surface area contributed by atoms with Crippen molar-refractivity contribution in [2.75, 3.05) is 30.6 Å². The third kappa shape index (κ3) is 5.11. The lowest BCUT2D eigenvalue weighted by atomic mass is 9.96. The van der Waals surface area contributed by atoms with Crippen molar-refractivity contribution in [3.05, 3.63) is 53.2 Å². The maximum absolute atomic E-state index is 13.0. The number of hydrogen-bond acceptors (Lipinski definition) is 6. The molecule has 2 amide bonds. The summed E-state index contributed by atoms with van der Waals surface area (Å²) in [5.41, 5.74) is 2.11. The van der Waals surface area contributed by atoms with Gasteiger partial charge in [-0.2, -0.15) is 11.8 Å². The minimum absolute atomic E-state index is 0.0424. The van der Waals surface area contributed by atoms with Crippen LogP contribution in [0.5, 0.6) is 5.75 Å². The first-order valence-electron chi connectivity index (χ1n) is 11.5. The van der Waals surface area contributed by atoms with Crippen LogP contribution >= 0.6 is 11.8 Å². The van der Waals surface area contributed by atoms with E-state index in [1.54, 1.807) is 25.1 Å². The van der Waals surface area contributed by atoms with Crippen LogP contribution in [-0.2, 0) is 0 Å². The molecule has 1 aromatic heterocycles. The number of methoxy groups -OCH3 is 1. The zero-order chi connectivity index (χ0) is 23.4. The summed E-state index contributed by atoms with van der Waals surface area (Å²) in [5, 5.41) is 6.17. The van der Waals surface area contributed by atoms with Crippen LogP contribution in [0, 0.1) is 6.92 Å². The fraction of sp³-hybridized carbons (Fsp3) is 0.480. The number of benzene rings is 1. The van der Waals surface area contributed by atoms with Crippen LogP contribution in [0.3, 0.4) is 0 Å². The number of rotatable bonds is 8. The molecule has 2 N–H and O–H groups in total. The molecule has 7 nitrogen and oxygen atoms in total. The number of aromatic nitrogens is 1. The number of nitrogens with zero attached hydrogens (tertiary/aromatic N) is 2. The quantitative estimate of drug-likeness (QED) is 0.578. The summed E-state index contributed by atoms with van der Waals surface area (Å²) in [6.07, 6.45) is 7.66. The number of fused-ring (bicyclic) bond motifs is 2. The molecule has 8 heteroatoms. The zero-order valence-electron chi connectivity index (χ0n) is 19.5. The maximum Gasteiger partial charge on any atom is 0.252 e. The van der Waals surface area contributed by atoms with E-state index in [2.05, 4.69) is 20.5 Å². The van der Waals surface area contributed by atoms with Crippen LogP contribution in [0.25, 0.3) is 0 Å². The predicted octanol–water partition coefficient (Wildman–Crippen LogP) is 3.42. The molecule has 33 heavy (non-hydrogen) atoms. The van der Waals surface area contributed by atoms with Gasteiger partial charge in [-0.25, -0.2) is 4.98 Å². The second-order valence-electron chi connectivity index (χ2n) is 8.72. The first-order chi connectivity index (χ1) is 16.0. The lowest BCUT2D eigenvalue weighted by molar-refractivity contribution is 0.0924. The average Bonchev–Trinajstić information content (AvgIpc) is 3.09. The smallest absolute Gasteiger partial charge is 0.252 e. The van der Waals surface area contributed by atoms with E-state index in [9.17, 15) is 9.59 Å². The number of carbonyl (C=O) groups excluding carboxylic acids is 2. The Balaban J connectivity index is 1.38. The molecule has 3 atom stereocenters. The fourth-order valence-electron chi connectivity index (χ4n) is 5.06. The fourth-order valence-corrected chi connectivity index (χ4v) is 5.36. The Hall–Kier alpha value is -2.74. The van der Waals surface area contributed by atoms with Gasteiger partial charge in [-0.15, -0.1) is 0 Å². The van der Waals surface area contributed by atoms with Crippen molar-refractivity contribution in [2.24, 2.45) is 0 Å². The van der Waals surface area contributed by atoms with E-state index >= 15 is 0 Å². The summed E-state index contributed by atoms with van der Waals surface area (Å²) >= 11 is 1.70. The monoisotopic (exact) mass is 468 g/mol. The second-order valence-corrected chi connectivity index (χ2v) is 9.71. The summed E-state index contributed by atoms with van der Waals surface area (Å²) in [4.78, 5) is 32.2. The van der Waals surface area contributed by atoms with E-state index < -0.39 is 0 Å². The Kier molecular flexibility index (Phi) is 7.42. The first kappa shape index (κ1) is 23.4. The Labute approximate surface area is 199 Å². The Morgan fingerprint density at radius 1 is 1.15 bits per heavy atom. The minimum Gasteiger partial charge on any atom is -0.496 e. The number of hydrogen-bond donors (Lipinski definition) is 2. The molecule has 176 valence electrons. The van der Waals surface area contributed by atoms with Crippen LogP contribution in [0.15, 0.2) is 36.5 Å². The largest absolute Gasteiger partial charge is 0.496 e. The van der Waals surface area contributed by atoms with Gasteiger partial charge in [0.05, 0.1) is 12.7 Å². The number of thioether (sulfide) groups is 1. The van der Waals surface area contributed by atoms with Crippen LogP contribution in [0.4, 0.5) is 5.82 Å². The Morgan fingerprint density at radius 3 is 2.55 bits per heavy atom. The SMILES string of the molecule is COc1cccc(C(=O)N[C@H]2C[C@H]3CC[C@@H](C2)N3c2ccc(C(=O)NCCSC)cn2)c1C. The van der Waals surface area contributed by atoms with Gasteiger partial charge >= 0.3 is 0 Å². The summed E-state index contributed by atoms with van der Waals surface area (Å²) in [7, 11) is 1.62.